The highest BCUT2D eigenvalue weighted by molar-refractivity contribution is 6.03. The molecule has 0 radical (unpaired) electrons. The molecule has 0 aromatic heterocycles. The minimum absolute atomic E-state index is 0.00173. The van der Waals surface area contributed by atoms with Gasteiger partial charge in [-0.15, -0.1) is 0 Å². The molecule has 10 nitrogen and oxygen atoms in total. The van der Waals surface area contributed by atoms with Crippen LogP contribution in [-0.4, -0.2) is 47.9 Å². The van der Waals surface area contributed by atoms with Crippen LogP contribution in [0, 0.1) is 17.1 Å². The number of rotatable bonds is 11. The zero-order valence-electron chi connectivity index (χ0n) is 18.7. The quantitative estimate of drug-likeness (QED) is 0.188. The van der Waals surface area contributed by atoms with Crippen molar-refractivity contribution < 1.29 is 24.2 Å². The third-order valence-corrected chi connectivity index (χ3v) is 4.51. The lowest BCUT2D eigenvalue weighted by molar-refractivity contribution is -0.118. The van der Waals surface area contributed by atoms with Crippen LogP contribution in [0.4, 0.5) is 4.39 Å². The van der Waals surface area contributed by atoms with E-state index in [1.807, 2.05) is 6.07 Å². The van der Waals surface area contributed by atoms with E-state index >= 15 is 0 Å². The van der Waals surface area contributed by atoms with E-state index in [4.69, 9.17) is 15.2 Å². The molecule has 0 saturated carbocycles. The molecule has 1 aliphatic rings. The third kappa shape index (κ3) is 8.25. The number of benzene rings is 1. The average molecular weight is 471 g/mol. The molecule has 1 atom stereocenters. The predicted molar refractivity (Wildman–Crippen MR) is 125 cm³/mol. The van der Waals surface area contributed by atoms with E-state index in [2.05, 4.69) is 33.0 Å². The van der Waals surface area contributed by atoms with E-state index in [0.29, 0.717) is 24.1 Å². The standard InChI is InChI=1S/C23H27FN6O4/c1-15(14-31)28-22(33)21-20(32)12-18(23(29-21)34-30-27-9-3-8-25)11-17(13-26-2)10-16-4-6-19(24)7-5-16/h4-7,11,13,15,27,30-32H,2-3,9-10,12,14H2,1H3,(H,28,33)/b17-13-,18-11+. The topological polar surface area (TPSA) is 151 Å². The summed E-state index contributed by atoms with van der Waals surface area (Å²) < 4.78 is 13.2. The first-order valence-electron chi connectivity index (χ1n) is 10.4. The van der Waals surface area contributed by atoms with Gasteiger partial charge in [0.2, 0.25) is 5.90 Å². The van der Waals surface area contributed by atoms with Gasteiger partial charge in [0.1, 0.15) is 11.6 Å². The Balaban J connectivity index is 2.32. The van der Waals surface area contributed by atoms with E-state index in [1.54, 1.807) is 25.1 Å². The Morgan fingerprint density at radius 3 is 2.82 bits per heavy atom. The number of halogens is 1. The lowest BCUT2D eigenvalue weighted by atomic mass is 9.99. The number of nitriles is 1. The number of amides is 1. The molecule has 2 rings (SSSR count). The van der Waals surface area contributed by atoms with Crippen molar-refractivity contribution in [2.24, 2.45) is 9.98 Å². The van der Waals surface area contributed by atoms with Crippen LogP contribution in [0.3, 0.4) is 0 Å². The summed E-state index contributed by atoms with van der Waals surface area (Å²) in [4.78, 5) is 25.9. The molecule has 0 bridgehead atoms. The van der Waals surface area contributed by atoms with Crippen molar-refractivity contribution in [1.29, 1.82) is 5.26 Å². The molecule has 34 heavy (non-hydrogen) atoms. The van der Waals surface area contributed by atoms with Gasteiger partial charge in [0, 0.05) is 37.2 Å². The fraction of sp³-hybridized carbons (Fsp3) is 0.304. The minimum atomic E-state index is -0.675. The summed E-state index contributed by atoms with van der Waals surface area (Å²) in [7, 11) is 0. The van der Waals surface area contributed by atoms with Crippen molar-refractivity contribution in [3.63, 3.8) is 0 Å². The molecule has 0 aliphatic carbocycles. The molecule has 11 heteroatoms. The zero-order chi connectivity index (χ0) is 24.9. The van der Waals surface area contributed by atoms with Gasteiger partial charge in [0.15, 0.2) is 5.70 Å². The minimum Gasteiger partial charge on any atom is -0.509 e. The number of aliphatic hydroxyl groups is 2. The first kappa shape index (κ1) is 26.4. The smallest absolute Gasteiger partial charge is 0.273 e. The molecule has 1 amide bonds. The summed E-state index contributed by atoms with van der Waals surface area (Å²) in [5.74, 6) is -1.31. The maximum atomic E-state index is 13.2. The maximum Gasteiger partial charge on any atom is 0.273 e. The van der Waals surface area contributed by atoms with Crippen LogP contribution in [-0.2, 0) is 16.1 Å². The molecule has 0 fully saturated rings. The summed E-state index contributed by atoms with van der Waals surface area (Å²) in [5.41, 5.74) is 6.80. The number of allylic oxidation sites excluding steroid dienone is 3. The Kier molecular flexibility index (Phi) is 10.6. The van der Waals surface area contributed by atoms with Crippen LogP contribution in [0.1, 0.15) is 25.3 Å². The largest absolute Gasteiger partial charge is 0.509 e. The highest BCUT2D eigenvalue weighted by Crippen LogP contribution is 2.25. The number of aliphatic imine (C=N–C) groups is 2. The second kappa shape index (κ2) is 13.6. The van der Waals surface area contributed by atoms with Gasteiger partial charge in [-0.25, -0.2) is 14.8 Å². The highest BCUT2D eigenvalue weighted by Gasteiger charge is 2.26. The van der Waals surface area contributed by atoms with E-state index in [9.17, 15) is 14.3 Å². The Morgan fingerprint density at radius 2 is 2.18 bits per heavy atom. The van der Waals surface area contributed by atoms with E-state index in [0.717, 1.165) is 5.56 Å². The van der Waals surface area contributed by atoms with Crippen molar-refractivity contribution in [3.8, 4) is 6.07 Å². The predicted octanol–water partition coefficient (Wildman–Crippen LogP) is 1.89. The second-order valence-electron chi connectivity index (χ2n) is 7.34. The first-order chi connectivity index (χ1) is 16.4. The Labute approximate surface area is 196 Å². The number of hydrogen-bond donors (Lipinski definition) is 5. The van der Waals surface area contributed by atoms with Crippen molar-refractivity contribution in [2.75, 3.05) is 13.2 Å². The van der Waals surface area contributed by atoms with Gasteiger partial charge in [-0.05, 0) is 49.4 Å². The van der Waals surface area contributed by atoms with Gasteiger partial charge >= 0.3 is 0 Å². The number of aliphatic hydroxyl groups excluding tert-OH is 2. The first-order valence-corrected chi connectivity index (χ1v) is 10.4. The molecule has 0 spiro atoms. The van der Waals surface area contributed by atoms with Gasteiger partial charge in [-0.1, -0.05) is 17.7 Å². The number of carbonyl (C=O) groups is 1. The Morgan fingerprint density at radius 1 is 1.44 bits per heavy atom. The van der Waals surface area contributed by atoms with Gasteiger partial charge in [-0.2, -0.15) is 5.26 Å². The molecule has 1 aromatic carbocycles. The third-order valence-electron chi connectivity index (χ3n) is 4.51. The van der Waals surface area contributed by atoms with Crippen LogP contribution < -0.4 is 16.3 Å². The van der Waals surface area contributed by atoms with E-state index < -0.39 is 11.9 Å². The van der Waals surface area contributed by atoms with Crippen LogP contribution in [0.2, 0.25) is 0 Å². The van der Waals surface area contributed by atoms with Crippen molar-refractivity contribution >= 4 is 18.5 Å². The summed E-state index contributed by atoms with van der Waals surface area (Å²) in [5, 5.41) is 30.8. The molecule has 0 saturated heterocycles. The molecule has 1 aliphatic heterocycles. The van der Waals surface area contributed by atoms with Gasteiger partial charge in [-0.3, -0.25) is 9.79 Å². The van der Waals surface area contributed by atoms with E-state index in [-0.39, 0.29) is 42.6 Å². The molecule has 5 N–H and O–H groups in total. The SMILES string of the molecule is C=N/C=C(\C=C1/CC(O)=C(C(=O)NC(C)CO)N=C1ONNCCC#N)Cc1ccc(F)cc1. The van der Waals surface area contributed by atoms with Gasteiger partial charge in [0.05, 0.1) is 12.7 Å². The lowest BCUT2D eigenvalue weighted by Crippen LogP contribution is -2.38. The summed E-state index contributed by atoms with van der Waals surface area (Å²) >= 11 is 0. The number of carbonyl (C=O) groups excluding carboxylic acids is 1. The monoisotopic (exact) mass is 470 g/mol. The number of hydrazine groups is 1. The van der Waals surface area contributed by atoms with Crippen molar-refractivity contribution in [3.05, 3.63) is 70.5 Å². The fourth-order valence-electron chi connectivity index (χ4n) is 2.87. The number of hydrogen-bond acceptors (Lipinski definition) is 9. The number of nitrogens with zero attached hydrogens (tertiary/aromatic N) is 3. The highest BCUT2D eigenvalue weighted by atomic mass is 19.1. The second-order valence-corrected chi connectivity index (χ2v) is 7.34. The Bertz CT molecular complexity index is 1040. The summed E-state index contributed by atoms with van der Waals surface area (Å²) in [6.07, 6.45) is 3.73. The summed E-state index contributed by atoms with van der Waals surface area (Å²) in [6, 6.07) is 7.41. The molecule has 1 heterocycles. The van der Waals surface area contributed by atoms with E-state index in [1.165, 1.54) is 18.3 Å². The van der Waals surface area contributed by atoms with Gasteiger partial charge in [0.25, 0.3) is 5.91 Å². The fourth-order valence-corrected chi connectivity index (χ4v) is 2.87. The summed E-state index contributed by atoms with van der Waals surface area (Å²) in [6.45, 7) is 5.08. The molecule has 1 unspecified atom stereocenters. The molecule has 180 valence electrons. The van der Waals surface area contributed by atoms with Crippen molar-refractivity contribution in [2.45, 2.75) is 32.2 Å². The van der Waals surface area contributed by atoms with Crippen LogP contribution in [0.5, 0.6) is 0 Å². The molecular formula is C23H27FN6O4. The number of nitrogens with one attached hydrogen (secondary N) is 3. The van der Waals surface area contributed by atoms with Gasteiger partial charge < -0.3 is 20.4 Å². The normalized spacial score (nSPS) is 16.0. The van der Waals surface area contributed by atoms with Crippen LogP contribution in [0.25, 0.3) is 0 Å². The van der Waals surface area contributed by atoms with Crippen LogP contribution in [0.15, 0.2) is 69.1 Å². The van der Waals surface area contributed by atoms with Crippen LogP contribution >= 0.6 is 0 Å². The Hall–Kier alpha value is -3.85. The molecule has 1 aromatic rings. The van der Waals surface area contributed by atoms with Crippen molar-refractivity contribution in [1.82, 2.24) is 16.3 Å². The molecular weight excluding hydrogens is 443 g/mol. The zero-order valence-corrected chi connectivity index (χ0v) is 18.7. The lowest BCUT2D eigenvalue weighted by Gasteiger charge is -2.20. The maximum absolute atomic E-state index is 13.2. The average Bonchev–Trinajstić information content (AvgIpc) is 2.81.